The van der Waals surface area contributed by atoms with Gasteiger partial charge in [-0.1, -0.05) is 20.8 Å². The van der Waals surface area contributed by atoms with Gasteiger partial charge in [0.2, 0.25) is 5.91 Å². The molecule has 1 unspecified atom stereocenters. The molecule has 1 atom stereocenters. The first-order valence-electron chi connectivity index (χ1n) is 6.43. The molecule has 0 aliphatic heterocycles. The third-order valence-electron chi connectivity index (χ3n) is 2.53. The van der Waals surface area contributed by atoms with E-state index in [1.54, 1.807) is 13.0 Å². The molecular weight excluding hydrogens is 242 g/mol. The van der Waals surface area contributed by atoms with Crippen molar-refractivity contribution in [2.24, 2.45) is 0 Å². The maximum Gasteiger partial charge on any atom is 0.242 e. The van der Waals surface area contributed by atoms with Crippen LogP contribution in [-0.4, -0.2) is 28.5 Å². The number of anilines is 2. The van der Waals surface area contributed by atoms with E-state index in [1.807, 2.05) is 27.7 Å². The van der Waals surface area contributed by atoms with Crippen molar-refractivity contribution < 1.29 is 4.79 Å². The third-order valence-corrected chi connectivity index (χ3v) is 2.53. The summed E-state index contributed by atoms with van der Waals surface area (Å²) in [7, 11) is 0. The fourth-order valence-electron chi connectivity index (χ4n) is 1.49. The van der Waals surface area contributed by atoms with E-state index in [0.29, 0.717) is 24.0 Å². The molecule has 0 aromatic carbocycles. The average Bonchev–Trinajstić information content (AvgIpc) is 2.27. The van der Waals surface area contributed by atoms with E-state index in [-0.39, 0.29) is 17.4 Å². The lowest BCUT2D eigenvalue weighted by Crippen LogP contribution is -2.37. The van der Waals surface area contributed by atoms with E-state index >= 15 is 0 Å². The van der Waals surface area contributed by atoms with Crippen molar-refractivity contribution >= 4 is 17.5 Å². The Morgan fingerprint density at radius 2 is 2.05 bits per heavy atom. The second-order valence-electron chi connectivity index (χ2n) is 5.51. The summed E-state index contributed by atoms with van der Waals surface area (Å²) >= 11 is 0. The average molecular weight is 265 g/mol. The zero-order valence-electron chi connectivity index (χ0n) is 12.2. The van der Waals surface area contributed by atoms with Gasteiger partial charge in [-0.3, -0.25) is 4.79 Å². The van der Waals surface area contributed by atoms with Crippen LogP contribution >= 0.6 is 0 Å². The molecule has 1 aromatic heterocycles. The number of amides is 1. The highest BCUT2D eigenvalue weighted by Gasteiger charge is 2.20. The highest BCUT2D eigenvalue weighted by atomic mass is 16.2. The zero-order valence-corrected chi connectivity index (χ0v) is 12.2. The van der Waals surface area contributed by atoms with E-state index < -0.39 is 0 Å². The zero-order chi connectivity index (χ0) is 14.6. The highest BCUT2D eigenvalue weighted by Crippen LogP contribution is 2.21. The van der Waals surface area contributed by atoms with Gasteiger partial charge >= 0.3 is 0 Å². The Balaban J connectivity index is 2.90. The Hall–Kier alpha value is -1.85. The minimum atomic E-state index is -0.373. The van der Waals surface area contributed by atoms with Crippen LogP contribution in [0.15, 0.2) is 6.07 Å². The molecule has 1 aromatic rings. The Kier molecular flexibility index (Phi) is 4.69. The normalized spacial score (nSPS) is 12.9. The molecule has 0 aliphatic rings. The van der Waals surface area contributed by atoms with Gasteiger partial charge in [0.25, 0.3) is 0 Å². The third kappa shape index (κ3) is 4.39. The maximum atomic E-state index is 11.7. The summed E-state index contributed by atoms with van der Waals surface area (Å²) in [5, 5.41) is 5.79. The Labute approximate surface area is 114 Å². The van der Waals surface area contributed by atoms with Crippen LogP contribution in [0.2, 0.25) is 0 Å². The number of carbonyl (C=O) groups is 1. The number of hydrogen-bond donors (Lipinski definition) is 3. The highest BCUT2D eigenvalue weighted by molar-refractivity contribution is 5.83. The molecule has 0 radical (unpaired) electrons. The SMILES string of the molecule is CCNC(=O)C(C)Nc1cc(N)nc(C(C)(C)C)n1. The molecule has 6 heteroatoms. The molecular formula is C13H23N5O. The molecule has 0 aliphatic carbocycles. The molecule has 6 nitrogen and oxygen atoms in total. The van der Waals surface area contributed by atoms with Gasteiger partial charge in [-0.05, 0) is 13.8 Å². The fourth-order valence-corrected chi connectivity index (χ4v) is 1.49. The smallest absolute Gasteiger partial charge is 0.242 e. The number of aromatic nitrogens is 2. The van der Waals surface area contributed by atoms with Crippen LogP contribution in [0, 0.1) is 0 Å². The molecule has 19 heavy (non-hydrogen) atoms. The second kappa shape index (κ2) is 5.86. The van der Waals surface area contributed by atoms with Crippen LogP contribution in [0.25, 0.3) is 0 Å². The van der Waals surface area contributed by atoms with Gasteiger partial charge in [-0.15, -0.1) is 0 Å². The van der Waals surface area contributed by atoms with Gasteiger partial charge in [0.1, 0.15) is 23.5 Å². The molecule has 0 fully saturated rings. The fraction of sp³-hybridized carbons (Fsp3) is 0.615. The number of likely N-dealkylation sites (N-methyl/N-ethyl adjacent to an activating group) is 1. The summed E-state index contributed by atoms with van der Waals surface area (Å²) in [6.45, 7) is 10.3. The van der Waals surface area contributed by atoms with E-state index in [4.69, 9.17) is 5.73 Å². The van der Waals surface area contributed by atoms with Crippen LogP contribution < -0.4 is 16.4 Å². The molecule has 0 saturated carbocycles. The summed E-state index contributed by atoms with van der Waals surface area (Å²) in [4.78, 5) is 20.3. The number of nitrogen functional groups attached to an aromatic ring is 1. The first-order valence-corrected chi connectivity index (χ1v) is 6.43. The first-order chi connectivity index (χ1) is 8.74. The van der Waals surface area contributed by atoms with Gasteiger partial charge in [0.15, 0.2) is 0 Å². The lowest BCUT2D eigenvalue weighted by molar-refractivity contribution is -0.121. The van der Waals surface area contributed by atoms with Crippen LogP contribution in [0.1, 0.15) is 40.4 Å². The topological polar surface area (TPSA) is 92.9 Å². The molecule has 0 spiro atoms. The Morgan fingerprint density at radius 1 is 1.42 bits per heavy atom. The molecule has 1 amide bonds. The van der Waals surface area contributed by atoms with Gasteiger partial charge in [0, 0.05) is 18.0 Å². The number of nitrogens with one attached hydrogen (secondary N) is 2. The molecule has 1 rings (SSSR count). The second-order valence-corrected chi connectivity index (χ2v) is 5.51. The number of nitrogens with two attached hydrogens (primary N) is 1. The molecule has 106 valence electrons. The summed E-state index contributed by atoms with van der Waals surface area (Å²) in [6, 6.07) is 1.26. The van der Waals surface area contributed by atoms with Crippen LogP contribution in [-0.2, 0) is 10.2 Å². The van der Waals surface area contributed by atoms with Crippen molar-refractivity contribution in [1.29, 1.82) is 0 Å². The van der Waals surface area contributed by atoms with Crippen molar-refractivity contribution in [3.8, 4) is 0 Å². The number of nitrogens with zero attached hydrogens (tertiary/aromatic N) is 2. The maximum absolute atomic E-state index is 11.7. The summed E-state index contributed by atoms with van der Waals surface area (Å²) in [6.07, 6.45) is 0. The number of hydrogen-bond acceptors (Lipinski definition) is 5. The van der Waals surface area contributed by atoms with Gasteiger partial charge in [0.05, 0.1) is 0 Å². The minimum absolute atomic E-state index is 0.0722. The summed E-state index contributed by atoms with van der Waals surface area (Å²) in [5.74, 6) is 1.54. The van der Waals surface area contributed by atoms with Crippen molar-refractivity contribution in [2.75, 3.05) is 17.6 Å². The number of carbonyl (C=O) groups excluding carboxylic acids is 1. The lowest BCUT2D eigenvalue weighted by atomic mass is 9.96. The molecule has 0 saturated heterocycles. The number of rotatable bonds is 4. The van der Waals surface area contributed by atoms with Crippen molar-refractivity contribution in [3.63, 3.8) is 0 Å². The predicted molar refractivity (Wildman–Crippen MR) is 76.9 cm³/mol. The van der Waals surface area contributed by atoms with Gasteiger partial charge in [-0.2, -0.15) is 0 Å². The van der Waals surface area contributed by atoms with E-state index in [2.05, 4.69) is 20.6 Å². The van der Waals surface area contributed by atoms with E-state index in [1.165, 1.54) is 0 Å². The predicted octanol–water partition coefficient (Wildman–Crippen LogP) is 1.29. The standard InChI is InChI=1S/C13H23N5O/c1-6-15-11(19)8(2)16-10-7-9(14)17-12(18-10)13(3,4)5/h7-8H,6H2,1-5H3,(H,15,19)(H3,14,16,17,18). The monoisotopic (exact) mass is 265 g/mol. The van der Waals surface area contributed by atoms with E-state index in [9.17, 15) is 4.79 Å². The van der Waals surface area contributed by atoms with Gasteiger partial charge in [-0.25, -0.2) is 9.97 Å². The Morgan fingerprint density at radius 3 is 2.58 bits per heavy atom. The quantitative estimate of drug-likeness (QED) is 0.763. The van der Waals surface area contributed by atoms with Crippen molar-refractivity contribution in [1.82, 2.24) is 15.3 Å². The molecule has 1 heterocycles. The first kappa shape index (κ1) is 15.2. The van der Waals surface area contributed by atoms with Crippen molar-refractivity contribution in [3.05, 3.63) is 11.9 Å². The van der Waals surface area contributed by atoms with Crippen molar-refractivity contribution in [2.45, 2.75) is 46.1 Å². The van der Waals surface area contributed by atoms with Crippen LogP contribution in [0.4, 0.5) is 11.6 Å². The lowest BCUT2D eigenvalue weighted by Gasteiger charge is -2.19. The minimum Gasteiger partial charge on any atom is -0.384 e. The summed E-state index contributed by atoms with van der Waals surface area (Å²) < 4.78 is 0. The van der Waals surface area contributed by atoms with Crippen LogP contribution in [0.5, 0.6) is 0 Å². The van der Waals surface area contributed by atoms with Gasteiger partial charge < -0.3 is 16.4 Å². The van der Waals surface area contributed by atoms with E-state index in [0.717, 1.165) is 0 Å². The molecule has 4 N–H and O–H groups in total. The Bertz CT molecular complexity index is 453. The largest absolute Gasteiger partial charge is 0.384 e. The summed E-state index contributed by atoms with van der Waals surface area (Å²) in [5.41, 5.74) is 5.58. The molecule has 0 bridgehead atoms. The van der Waals surface area contributed by atoms with Crippen LogP contribution in [0.3, 0.4) is 0 Å².